The number of ether oxygens (including phenoxy) is 2. The largest absolute Gasteiger partial charge is 0.491 e. The molecule has 0 saturated heterocycles. The Bertz CT molecular complexity index is 785. The zero-order chi connectivity index (χ0) is 16.9. The predicted octanol–water partition coefficient (Wildman–Crippen LogP) is 1.99. The number of hydrogen-bond donors (Lipinski definition) is 1. The van der Waals surface area contributed by atoms with Crippen LogP contribution in [0.1, 0.15) is 22.3 Å². The fourth-order valence-corrected chi connectivity index (χ4v) is 2.87. The monoisotopic (exact) mass is 328 g/mol. The molecule has 0 atom stereocenters. The third-order valence-corrected chi connectivity index (χ3v) is 4.00. The van der Waals surface area contributed by atoms with Crippen molar-refractivity contribution >= 4 is 11.6 Å². The number of benzene rings is 1. The molecule has 1 amide bonds. The molecule has 6 nitrogen and oxygen atoms in total. The molecule has 3 rings (SSSR count). The number of hydrogen-bond acceptors (Lipinski definition) is 4. The van der Waals surface area contributed by atoms with Gasteiger partial charge in [-0.2, -0.15) is 0 Å². The number of H-pyrrole nitrogens is 1. The van der Waals surface area contributed by atoms with Gasteiger partial charge in [-0.15, -0.1) is 0 Å². The lowest BCUT2D eigenvalue weighted by atomic mass is 10.0. The van der Waals surface area contributed by atoms with Gasteiger partial charge in [-0.3, -0.25) is 9.59 Å². The molecule has 1 aromatic carbocycles. The number of carbonyl (C=O) groups is 1. The van der Waals surface area contributed by atoms with E-state index in [4.69, 9.17) is 9.47 Å². The lowest BCUT2D eigenvalue weighted by Crippen LogP contribution is -2.39. The summed E-state index contributed by atoms with van der Waals surface area (Å²) in [6.45, 7) is 1.43. The van der Waals surface area contributed by atoms with Crippen molar-refractivity contribution in [2.75, 3.05) is 31.8 Å². The van der Waals surface area contributed by atoms with Crippen LogP contribution in [0.25, 0.3) is 0 Å². The number of nitrogens with one attached hydrogen (secondary N) is 1. The van der Waals surface area contributed by atoms with Gasteiger partial charge in [0.15, 0.2) is 0 Å². The Labute approximate surface area is 140 Å². The summed E-state index contributed by atoms with van der Waals surface area (Å²) in [5, 5.41) is 0. The third kappa shape index (κ3) is 3.33. The summed E-state index contributed by atoms with van der Waals surface area (Å²) in [7, 11) is 1.61. The van der Waals surface area contributed by atoms with Crippen LogP contribution in [0.2, 0.25) is 0 Å². The summed E-state index contributed by atoms with van der Waals surface area (Å²) in [6, 6.07) is 8.86. The number of carbonyl (C=O) groups excluding carboxylic acids is 1. The van der Waals surface area contributed by atoms with Crippen LogP contribution < -0.4 is 15.2 Å². The first kappa shape index (κ1) is 16.3. The van der Waals surface area contributed by atoms with Crippen LogP contribution in [-0.4, -0.2) is 37.8 Å². The van der Waals surface area contributed by atoms with Gasteiger partial charge in [0.1, 0.15) is 18.0 Å². The lowest BCUT2D eigenvalue weighted by Gasteiger charge is -2.28. The van der Waals surface area contributed by atoms with Crippen LogP contribution in [0.4, 0.5) is 5.69 Å². The molecule has 1 N–H and O–H groups in total. The van der Waals surface area contributed by atoms with Crippen molar-refractivity contribution in [2.24, 2.45) is 0 Å². The molecule has 2 aromatic rings. The van der Waals surface area contributed by atoms with Gasteiger partial charge in [-0.05, 0) is 42.7 Å². The topological polar surface area (TPSA) is 71.6 Å². The minimum absolute atomic E-state index is 0.190. The van der Waals surface area contributed by atoms with Crippen molar-refractivity contribution in [3.05, 3.63) is 58.0 Å². The van der Waals surface area contributed by atoms with Crippen molar-refractivity contribution < 1.29 is 14.3 Å². The maximum atomic E-state index is 12.9. The lowest BCUT2D eigenvalue weighted by molar-refractivity contribution is 0.0984. The SMILES string of the molecule is COCCOc1cccc(C(=O)N2CCCc3cc[nH]c(=O)c32)c1. The quantitative estimate of drug-likeness (QED) is 0.852. The number of aryl methyl sites for hydroxylation is 1. The van der Waals surface area contributed by atoms with Crippen molar-refractivity contribution in [3.8, 4) is 5.75 Å². The summed E-state index contributed by atoms with van der Waals surface area (Å²) < 4.78 is 10.5. The van der Waals surface area contributed by atoms with Crippen molar-refractivity contribution in [3.63, 3.8) is 0 Å². The van der Waals surface area contributed by atoms with Crippen molar-refractivity contribution in [1.29, 1.82) is 0 Å². The Balaban J connectivity index is 1.86. The minimum Gasteiger partial charge on any atom is -0.491 e. The maximum absolute atomic E-state index is 12.9. The second-order valence-corrected chi connectivity index (χ2v) is 5.61. The van der Waals surface area contributed by atoms with E-state index in [9.17, 15) is 9.59 Å². The molecule has 0 spiro atoms. The number of pyridine rings is 1. The second kappa shape index (κ2) is 7.31. The molecule has 1 aromatic heterocycles. The first-order chi connectivity index (χ1) is 11.7. The molecule has 24 heavy (non-hydrogen) atoms. The van der Waals surface area contributed by atoms with Gasteiger partial charge in [-0.1, -0.05) is 6.07 Å². The van der Waals surface area contributed by atoms with E-state index in [1.165, 1.54) is 0 Å². The number of amides is 1. The Morgan fingerprint density at radius 1 is 1.29 bits per heavy atom. The highest BCUT2D eigenvalue weighted by Gasteiger charge is 2.26. The second-order valence-electron chi connectivity index (χ2n) is 5.61. The van der Waals surface area contributed by atoms with E-state index in [0.717, 1.165) is 18.4 Å². The van der Waals surface area contributed by atoms with E-state index < -0.39 is 0 Å². The molecule has 1 aliphatic heterocycles. The van der Waals surface area contributed by atoms with Crippen LogP contribution in [0.15, 0.2) is 41.3 Å². The molecule has 0 fully saturated rings. The normalized spacial score (nSPS) is 13.5. The fraction of sp³-hybridized carbons (Fsp3) is 0.333. The molecule has 0 saturated carbocycles. The van der Waals surface area contributed by atoms with Crippen LogP contribution in [0.5, 0.6) is 5.75 Å². The average Bonchev–Trinajstić information content (AvgIpc) is 2.61. The summed E-state index contributed by atoms with van der Waals surface area (Å²) in [4.78, 5) is 29.3. The molecule has 1 aliphatic rings. The maximum Gasteiger partial charge on any atom is 0.272 e. The Morgan fingerprint density at radius 3 is 3.00 bits per heavy atom. The van der Waals surface area contributed by atoms with Crippen molar-refractivity contribution in [2.45, 2.75) is 12.8 Å². The summed E-state index contributed by atoms with van der Waals surface area (Å²) in [6.07, 6.45) is 3.27. The van der Waals surface area contributed by atoms with Crippen molar-refractivity contribution in [1.82, 2.24) is 4.98 Å². The number of nitrogens with zero attached hydrogens (tertiary/aromatic N) is 1. The first-order valence-corrected chi connectivity index (χ1v) is 7.95. The zero-order valence-corrected chi connectivity index (χ0v) is 13.6. The van der Waals surface area contributed by atoms with E-state index in [2.05, 4.69) is 4.98 Å². The Hall–Kier alpha value is -2.60. The van der Waals surface area contributed by atoms with E-state index >= 15 is 0 Å². The van der Waals surface area contributed by atoms with Crippen LogP contribution in [0, 0.1) is 0 Å². The molecule has 2 heterocycles. The predicted molar refractivity (Wildman–Crippen MR) is 90.9 cm³/mol. The van der Waals surface area contributed by atoms with Crippen LogP contribution in [-0.2, 0) is 11.2 Å². The Kier molecular flexibility index (Phi) is 4.96. The van der Waals surface area contributed by atoms with Gasteiger partial charge in [0.05, 0.1) is 6.61 Å². The smallest absolute Gasteiger partial charge is 0.272 e. The number of fused-ring (bicyclic) bond motifs is 1. The fourth-order valence-electron chi connectivity index (χ4n) is 2.87. The van der Waals surface area contributed by atoms with E-state index in [-0.39, 0.29) is 11.5 Å². The van der Waals surface area contributed by atoms with Gasteiger partial charge < -0.3 is 19.4 Å². The zero-order valence-electron chi connectivity index (χ0n) is 13.6. The number of aromatic nitrogens is 1. The van der Waals surface area contributed by atoms with Gasteiger partial charge >= 0.3 is 0 Å². The first-order valence-electron chi connectivity index (χ1n) is 7.95. The molecule has 6 heteroatoms. The molecular formula is C18H20N2O4. The summed E-state index contributed by atoms with van der Waals surface area (Å²) in [5.74, 6) is 0.418. The molecule has 0 radical (unpaired) electrons. The van der Waals surface area contributed by atoms with Gasteiger partial charge in [-0.25, -0.2) is 0 Å². The van der Waals surface area contributed by atoms with Crippen LogP contribution in [0.3, 0.4) is 0 Å². The third-order valence-electron chi connectivity index (χ3n) is 4.00. The highest BCUT2D eigenvalue weighted by Crippen LogP contribution is 2.25. The van der Waals surface area contributed by atoms with Gasteiger partial charge in [0, 0.05) is 25.4 Å². The molecule has 126 valence electrons. The summed E-state index contributed by atoms with van der Waals surface area (Å²) in [5.41, 5.74) is 1.64. The van der Waals surface area contributed by atoms with Gasteiger partial charge in [0.25, 0.3) is 11.5 Å². The number of rotatable bonds is 5. The number of aromatic amines is 1. The highest BCUT2D eigenvalue weighted by atomic mass is 16.5. The molecular weight excluding hydrogens is 308 g/mol. The summed E-state index contributed by atoms with van der Waals surface area (Å²) >= 11 is 0. The highest BCUT2D eigenvalue weighted by molar-refractivity contribution is 6.06. The minimum atomic E-state index is -0.229. The van der Waals surface area contributed by atoms with Crippen LogP contribution >= 0.6 is 0 Å². The molecule has 0 unspecified atom stereocenters. The van der Waals surface area contributed by atoms with E-state index in [1.54, 1.807) is 42.5 Å². The van der Waals surface area contributed by atoms with E-state index in [1.807, 2.05) is 6.07 Å². The van der Waals surface area contributed by atoms with E-state index in [0.29, 0.717) is 36.8 Å². The average molecular weight is 328 g/mol. The number of anilines is 1. The number of methoxy groups -OCH3 is 1. The molecule has 0 bridgehead atoms. The molecule has 0 aliphatic carbocycles. The Morgan fingerprint density at radius 2 is 2.17 bits per heavy atom. The van der Waals surface area contributed by atoms with Gasteiger partial charge in [0.2, 0.25) is 0 Å². The standard InChI is InChI=1S/C18H20N2O4/c1-23-10-11-24-15-6-2-4-14(12-15)18(22)20-9-3-5-13-7-8-19-17(21)16(13)20/h2,4,6-8,12H,3,5,9-11H2,1H3,(H,19,21).